The van der Waals surface area contributed by atoms with E-state index in [2.05, 4.69) is 10.2 Å². The molecule has 23 heavy (non-hydrogen) atoms. The maximum Gasteiger partial charge on any atom is 0.416 e. The molecule has 3 rings (SSSR count). The summed E-state index contributed by atoms with van der Waals surface area (Å²) in [6.07, 6.45) is -4.38. The molecule has 0 bridgehead atoms. The first-order valence-corrected chi connectivity index (χ1v) is 6.74. The molecule has 0 amide bonds. The Labute approximate surface area is 129 Å². The van der Waals surface area contributed by atoms with Crippen molar-refractivity contribution in [1.82, 2.24) is 0 Å². The molecule has 0 heterocycles. The van der Waals surface area contributed by atoms with Crippen LogP contribution in [-0.4, -0.2) is 5.11 Å². The molecule has 0 aliphatic rings. The largest absolute Gasteiger partial charge is 0.508 e. The van der Waals surface area contributed by atoms with E-state index in [0.29, 0.717) is 11.4 Å². The third kappa shape index (κ3) is 3.31. The number of alkyl halides is 3. The number of azo groups is 1. The van der Waals surface area contributed by atoms with Gasteiger partial charge in [0.2, 0.25) is 0 Å². The monoisotopic (exact) mass is 316 g/mol. The lowest BCUT2D eigenvalue weighted by atomic mass is 10.1. The molecule has 116 valence electrons. The number of benzene rings is 3. The number of nitrogens with zero attached hydrogens (tertiary/aromatic N) is 2. The van der Waals surface area contributed by atoms with E-state index in [1.807, 2.05) is 24.3 Å². The van der Waals surface area contributed by atoms with Gasteiger partial charge in [-0.3, -0.25) is 0 Å². The molecule has 0 aliphatic heterocycles. The van der Waals surface area contributed by atoms with E-state index in [1.54, 1.807) is 6.07 Å². The van der Waals surface area contributed by atoms with Crippen LogP contribution in [0.4, 0.5) is 24.5 Å². The highest BCUT2D eigenvalue weighted by Gasteiger charge is 2.29. The van der Waals surface area contributed by atoms with Crippen LogP contribution in [-0.2, 0) is 6.18 Å². The Morgan fingerprint density at radius 2 is 1.52 bits per heavy atom. The summed E-state index contributed by atoms with van der Waals surface area (Å²) in [6, 6.07) is 14.8. The average molecular weight is 316 g/mol. The van der Waals surface area contributed by atoms with Crippen molar-refractivity contribution in [2.75, 3.05) is 0 Å². The van der Waals surface area contributed by atoms with Crippen molar-refractivity contribution in [3.05, 3.63) is 66.2 Å². The molecule has 0 aliphatic carbocycles. The molecule has 1 N–H and O–H groups in total. The fraction of sp³-hybridized carbons (Fsp3) is 0.0588. The zero-order chi connectivity index (χ0) is 16.4. The minimum absolute atomic E-state index is 0.0464. The van der Waals surface area contributed by atoms with Crippen LogP contribution in [0, 0.1) is 0 Å². The Morgan fingerprint density at radius 1 is 0.826 bits per heavy atom. The van der Waals surface area contributed by atoms with Gasteiger partial charge in [0.05, 0.1) is 16.9 Å². The van der Waals surface area contributed by atoms with Crippen molar-refractivity contribution < 1.29 is 18.3 Å². The maximum atomic E-state index is 12.5. The number of aromatic hydroxyl groups is 1. The van der Waals surface area contributed by atoms with Gasteiger partial charge < -0.3 is 5.11 Å². The molecule has 0 spiro atoms. The van der Waals surface area contributed by atoms with Crippen molar-refractivity contribution in [2.24, 2.45) is 10.2 Å². The summed E-state index contributed by atoms with van der Waals surface area (Å²) in [5, 5.41) is 19.3. The summed E-state index contributed by atoms with van der Waals surface area (Å²) < 4.78 is 37.5. The average Bonchev–Trinajstić information content (AvgIpc) is 2.52. The third-order valence-electron chi connectivity index (χ3n) is 3.29. The maximum absolute atomic E-state index is 12.5. The first-order chi connectivity index (χ1) is 10.9. The smallest absolute Gasteiger partial charge is 0.416 e. The second kappa shape index (κ2) is 5.72. The zero-order valence-corrected chi connectivity index (χ0v) is 11.7. The summed E-state index contributed by atoms with van der Waals surface area (Å²) >= 11 is 0. The lowest BCUT2D eigenvalue weighted by Gasteiger charge is -2.05. The summed E-state index contributed by atoms with van der Waals surface area (Å²) in [6.45, 7) is 0. The number of halogens is 3. The molecule has 3 aromatic rings. The molecule has 0 aromatic heterocycles. The zero-order valence-electron chi connectivity index (χ0n) is 11.7. The number of hydrogen-bond acceptors (Lipinski definition) is 3. The molecule has 0 saturated carbocycles. The van der Waals surface area contributed by atoms with E-state index in [-0.39, 0.29) is 5.75 Å². The van der Waals surface area contributed by atoms with Gasteiger partial charge in [0, 0.05) is 11.5 Å². The van der Waals surface area contributed by atoms with Crippen molar-refractivity contribution in [2.45, 2.75) is 6.18 Å². The highest BCUT2D eigenvalue weighted by molar-refractivity contribution is 5.93. The molecule has 0 saturated heterocycles. The lowest BCUT2D eigenvalue weighted by molar-refractivity contribution is -0.137. The van der Waals surface area contributed by atoms with Crippen molar-refractivity contribution in [3.8, 4) is 5.75 Å². The molecule has 0 fully saturated rings. The van der Waals surface area contributed by atoms with Gasteiger partial charge in [0.25, 0.3) is 0 Å². The minimum atomic E-state index is -4.38. The number of fused-ring (bicyclic) bond motifs is 1. The highest BCUT2D eigenvalue weighted by atomic mass is 19.4. The van der Waals surface area contributed by atoms with Crippen LogP contribution in [0.25, 0.3) is 10.8 Å². The first kappa shape index (κ1) is 15.0. The predicted octanol–water partition coefficient (Wildman–Crippen LogP) is 5.98. The molecular weight excluding hydrogens is 305 g/mol. The fourth-order valence-corrected chi connectivity index (χ4v) is 2.19. The van der Waals surface area contributed by atoms with E-state index in [9.17, 15) is 18.3 Å². The molecule has 3 nitrogen and oxygen atoms in total. The van der Waals surface area contributed by atoms with E-state index in [4.69, 9.17) is 0 Å². The summed E-state index contributed by atoms with van der Waals surface area (Å²) in [5.41, 5.74) is 0.00479. The predicted molar refractivity (Wildman–Crippen MR) is 81.2 cm³/mol. The highest BCUT2D eigenvalue weighted by Crippen LogP contribution is 2.33. The van der Waals surface area contributed by atoms with E-state index in [0.717, 1.165) is 22.9 Å². The van der Waals surface area contributed by atoms with Gasteiger partial charge in [-0.05, 0) is 35.7 Å². The van der Waals surface area contributed by atoms with E-state index in [1.165, 1.54) is 18.2 Å². The van der Waals surface area contributed by atoms with Crippen molar-refractivity contribution in [1.29, 1.82) is 0 Å². The topological polar surface area (TPSA) is 45.0 Å². The van der Waals surface area contributed by atoms with Crippen molar-refractivity contribution >= 4 is 22.1 Å². The Bertz CT molecular complexity index is 871. The molecule has 6 heteroatoms. The van der Waals surface area contributed by atoms with Crippen LogP contribution in [0.1, 0.15) is 5.56 Å². The Hall–Kier alpha value is -2.89. The summed E-state index contributed by atoms with van der Waals surface area (Å²) in [4.78, 5) is 0. The quantitative estimate of drug-likeness (QED) is 0.581. The Kier molecular flexibility index (Phi) is 3.73. The van der Waals surface area contributed by atoms with Gasteiger partial charge in [0.15, 0.2) is 0 Å². The van der Waals surface area contributed by atoms with Gasteiger partial charge in [-0.2, -0.15) is 18.3 Å². The van der Waals surface area contributed by atoms with Gasteiger partial charge in [-0.15, -0.1) is 5.11 Å². The molecule has 0 radical (unpaired) electrons. The Morgan fingerprint density at radius 3 is 2.22 bits per heavy atom. The normalized spacial score (nSPS) is 12.1. The van der Waals surface area contributed by atoms with Gasteiger partial charge in [-0.1, -0.05) is 24.3 Å². The van der Waals surface area contributed by atoms with Crippen LogP contribution < -0.4 is 0 Å². The molecule has 0 unspecified atom stereocenters. The van der Waals surface area contributed by atoms with Crippen LogP contribution in [0.3, 0.4) is 0 Å². The molecular formula is C17H11F3N2O. The summed E-state index contributed by atoms with van der Waals surface area (Å²) in [5.74, 6) is 0.0464. The Balaban J connectivity index is 1.94. The lowest BCUT2D eigenvalue weighted by Crippen LogP contribution is -2.03. The van der Waals surface area contributed by atoms with Crippen LogP contribution >= 0.6 is 0 Å². The van der Waals surface area contributed by atoms with Crippen LogP contribution in [0.15, 0.2) is 70.9 Å². The molecule has 0 atom stereocenters. The standard InChI is InChI=1S/C17H11F3N2O/c18-17(19,20)12-5-7-13(8-6-12)21-22-16-10-14(23)9-11-3-1-2-4-15(11)16/h1-10,23H. The molecule has 3 aromatic carbocycles. The number of hydrogen-bond donors (Lipinski definition) is 1. The van der Waals surface area contributed by atoms with Gasteiger partial charge in [-0.25, -0.2) is 0 Å². The second-order valence-corrected chi connectivity index (χ2v) is 4.93. The van der Waals surface area contributed by atoms with Gasteiger partial charge >= 0.3 is 6.18 Å². The second-order valence-electron chi connectivity index (χ2n) is 4.93. The first-order valence-electron chi connectivity index (χ1n) is 6.74. The van der Waals surface area contributed by atoms with Gasteiger partial charge in [0.1, 0.15) is 5.75 Å². The third-order valence-corrected chi connectivity index (χ3v) is 3.29. The number of phenolic OH excluding ortho intramolecular Hbond substituents is 1. The van der Waals surface area contributed by atoms with E-state index < -0.39 is 11.7 Å². The number of phenols is 1. The SMILES string of the molecule is Oc1cc(N=Nc2ccc(C(F)(F)F)cc2)c2ccccc2c1. The van der Waals surface area contributed by atoms with Crippen LogP contribution in [0.5, 0.6) is 5.75 Å². The fourth-order valence-electron chi connectivity index (χ4n) is 2.19. The van der Waals surface area contributed by atoms with Crippen molar-refractivity contribution in [3.63, 3.8) is 0 Å². The van der Waals surface area contributed by atoms with Crippen LogP contribution in [0.2, 0.25) is 0 Å². The summed E-state index contributed by atoms with van der Waals surface area (Å²) in [7, 11) is 0. The number of rotatable bonds is 2. The minimum Gasteiger partial charge on any atom is -0.508 e. The van der Waals surface area contributed by atoms with E-state index >= 15 is 0 Å².